The van der Waals surface area contributed by atoms with Crippen LogP contribution in [-0.2, 0) is 16.2 Å². The lowest BCUT2D eigenvalue weighted by Crippen LogP contribution is -2.51. The van der Waals surface area contributed by atoms with Gasteiger partial charge >= 0.3 is 0 Å². The van der Waals surface area contributed by atoms with E-state index in [1.54, 1.807) is 21.9 Å². The summed E-state index contributed by atoms with van der Waals surface area (Å²) in [5.41, 5.74) is 3.13. The van der Waals surface area contributed by atoms with Crippen molar-refractivity contribution in [1.82, 2.24) is 14.8 Å². The Morgan fingerprint density at radius 1 is 0.886 bits per heavy atom. The van der Waals surface area contributed by atoms with Crippen molar-refractivity contribution in [2.75, 3.05) is 31.5 Å². The molecule has 1 aliphatic rings. The molecule has 3 amide bonds. The van der Waals surface area contributed by atoms with E-state index in [2.05, 4.69) is 10.3 Å². The smallest absolute Gasteiger partial charge is 0.254 e. The molecular weight excluding hydrogens is 444 g/mol. The molecule has 0 radical (unpaired) electrons. The molecule has 0 saturated carbocycles. The van der Waals surface area contributed by atoms with Crippen LogP contribution in [0.4, 0.5) is 5.69 Å². The Balaban J connectivity index is 1.21. The van der Waals surface area contributed by atoms with E-state index in [0.29, 0.717) is 49.9 Å². The molecule has 0 aliphatic carbocycles. The quantitative estimate of drug-likeness (QED) is 0.533. The first-order chi connectivity index (χ1) is 17.0. The van der Waals surface area contributed by atoms with Crippen molar-refractivity contribution in [3.63, 3.8) is 0 Å². The number of aromatic nitrogens is 1. The molecule has 1 aromatic heterocycles. The van der Waals surface area contributed by atoms with Gasteiger partial charge in [0.15, 0.2) is 0 Å². The molecule has 3 aromatic rings. The first-order valence-corrected chi connectivity index (χ1v) is 11.5. The van der Waals surface area contributed by atoms with Gasteiger partial charge in [-0.15, -0.1) is 0 Å². The van der Waals surface area contributed by atoms with E-state index < -0.39 is 5.91 Å². The van der Waals surface area contributed by atoms with Gasteiger partial charge in [0.2, 0.25) is 17.7 Å². The Labute approximate surface area is 204 Å². The molecule has 4 rings (SSSR count). The number of aryl methyl sites for hydroxylation is 1. The van der Waals surface area contributed by atoms with Gasteiger partial charge in [0, 0.05) is 37.8 Å². The molecule has 2 heterocycles. The van der Waals surface area contributed by atoms with Crippen LogP contribution in [0.1, 0.15) is 27.9 Å². The lowest BCUT2D eigenvalue weighted by Gasteiger charge is -2.35. The van der Waals surface area contributed by atoms with Gasteiger partial charge in [-0.05, 0) is 30.2 Å². The summed E-state index contributed by atoms with van der Waals surface area (Å²) in [4.78, 5) is 45.3. The number of benzene rings is 2. The molecule has 1 fully saturated rings. The molecule has 0 spiro atoms. The summed E-state index contributed by atoms with van der Waals surface area (Å²) in [6.45, 7) is 3.99. The van der Waals surface area contributed by atoms with Gasteiger partial charge in [0.25, 0.3) is 5.91 Å². The van der Waals surface area contributed by atoms with Gasteiger partial charge in [0.1, 0.15) is 13.0 Å². The van der Waals surface area contributed by atoms with E-state index in [1.807, 2.05) is 61.5 Å². The van der Waals surface area contributed by atoms with E-state index in [1.165, 1.54) is 6.20 Å². The fourth-order valence-corrected chi connectivity index (χ4v) is 3.87. The minimum absolute atomic E-state index is 0.0309. The summed E-state index contributed by atoms with van der Waals surface area (Å²) < 4.78 is 5.64. The summed E-state index contributed by atoms with van der Waals surface area (Å²) in [6, 6.07) is 20.6. The van der Waals surface area contributed by atoms with Gasteiger partial charge in [-0.1, -0.05) is 48.5 Å². The minimum Gasteiger partial charge on any atom is -0.473 e. The molecule has 2 aromatic carbocycles. The van der Waals surface area contributed by atoms with E-state index >= 15 is 0 Å². The molecule has 1 saturated heterocycles. The van der Waals surface area contributed by atoms with E-state index in [4.69, 9.17) is 4.74 Å². The molecular formula is C27H28N4O4. The van der Waals surface area contributed by atoms with E-state index in [-0.39, 0.29) is 18.2 Å². The predicted octanol–water partition coefficient (Wildman–Crippen LogP) is 3.28. The fourth-order valence-electron chi connectivity index (χ4n) is 3.87. The van der Waals surface area contributed by atoms with Gasteiger partial charge in [-0.3, -0.25) is 14.4 Å². The van der Waals surface area contributed by atoms with Crippen LogP contribution >= 0.6 is 0 Å². The number of amides is 3. The third-order valence-corrected chi connectivity index (χ3v) is 5.86. The Hall–Kier alpha value is -4.20. The molecule has 180 valence electrons. The number of nitrogens with zero attached hydrogens (tertiary/aromatic N) is 3. The van der Waals surface area contributed by atoms with Crippen LogP contribution in [0.5, 0.6) is 5.88 Å². The number of piperazine rings is 1. The van der Waals surface area contributed by atoms with Gasteiger partial charge in [-0.2, -0.15) is 0 Å². The molecule has 1 N–H and O–H groups in total. The van der Waals surface area contributed by atoms with E-state index in [0.717, 1.165) is 11.1 Å². The number of hydrogen-bond acceptors (Lipinski definition) is 5. The monoisotopic (exact) mass is 472 g/mol. The first kappa shape index (κ1) is 23.9. The number of hydrogen-bond donors (Lipinski definition) is 1. The second-order valence-electron chi connectivity index (χ2n) is 8.37. The van der Waals surface area contributed by atoms with Crippen LogP contribution in [0, 0.1) is 6.92 Å². The predicted molar refractivity (Wildman–Crippen MR) is 132 cm³/mol. The lowest BCUT2D eigenvalue weighted by molar-refractivity contribution is -0.135. The highest BCUT2D eigenvalue weighted by Crippen LogP contribution is 2.15. The summed E-state index contributed by atoms with van der Waals surface area (Å²) in [6.07, 6.45) is 1.23. The number of carbonyl (C=O) groups is 3. The maximum absolute atomic E-state index is 12.8. The van der Waals surface area contributed by atoms with Crippen LogP contribution in [-0.4, -0.2) is 58.7 Å². The highest BCUT2D eigenvalue weighted by Gasteiger charge is 2.26. The number of rotatable bonds is 7. The third-order valence-electron chi connectivity index (χ3n) is 5.86. The van der Waals surface area contributed by atoms with Crippen molar-refractivity contribution >= 4 is 23.4 Å². The van der Waals surface area contributed by atoms with Gasteiger partial charge in [0.05, 0.1) is 11.9 Å². The largest absolute Gasteiger partial charge is 0.473 e. The van der Waals surface area contributed by atoms with Crippen molar-refractivity contribution in [2.45, 2.75) is 20.0 Å². The average molecular weight is 473 g/mol. The Morgan fingerprint density at radius 3 is 2.26 bits per heavy atom. The molecule has 8 nitrogen and oxygen atoms in total. The number of anilines is 1. The number of ether oxygens (including phenoxy) is 1. The molecule has 35 heavy (non-hydrogen) atoms. The van der Waals surface area contributed by atoms with E-state index in [9.17, 15) is 14.4 Å². The molecule has 0 unspecified atom stereocenters. The summed E-state index contributed by atoms with van der Waals surface area (Å²) in [5, 5.41) is 2.70. The number of pyridine rings is 1. The van der Waals surface area contributed by atoms with Gasteiger partial charge in [-0.25, -0.2) is 4.98 Å². The lowest BCUT2D eigenvalue weighted by atomic mass is 10.1. The third kappa shape index (κ3) is 6.44. The van der Waals surface area contributed by atoms with Crippen molar-refractivity contribution in [1.29, 1.82) is 0 Å². The second kappa shape index (κ2) is 11.3. The summed E-state index contributed by atoms with van der Waals surface area (Å²) in [5.74, 6) is -0.257. The van der Waals surface area contributed by atoms with Crippen molar-refractivity contribution in [3.8, 4) is 5.88 Å². The summed E-state index contributed by atoms with van der Waals surface area (Å²) >= 11 is 0. The maximum atomic E-state index is 12.8. The first-order valence-electron chi connectivity index (χ1n) is 11.5. The van der Waals surface area contributed by atoms with Gasteiger partial charge < -0.3 is 19.9 Å². The molecule has 0 atom stereocenters. The topological polar surface area (TPSA) is 91.8 Å². The second-order valence-corrected chi connectivity index (χ2v) is 8.37. The minimum atomic E-state index is -0.409. The Bertz CT molecular complexity index is 1170. The average Bonchev–Trinajstić information content (AvgIpc) is 2.89. The van der Waals surface area contributed by atoms with Crippen LogP contribution in [0.15, 0.2) is 72.9 Å². The molecule has 1 aliphatic heterocycles. The fraction of sp³-hybridized carbons (Fsp3) is 0.259. The zero-order valence-corrected chi connectivity index (χ0v) is 19.6. The van der Waals surface area contributed by atoms with Crippen molar-refractivity contribution < 1.29 is 19.1 Å². The SMILES string of the molecule is Cc1ccccc1C(=O)N1CCN(C(=O)CC(=O)Nc2ccc(OCc3ccccc3)nc2)CC1. The maximum Gasteiger partial charge on any atom is 0.254 e. The highest BCUT2D eigenvalue weighted by molar-refractivity contribution is 6.03. The zero-order valence-electron chi connectivity index (χ0n) is 19.6. The Morgan fingerprint density at radius 2 is 1.57 bits per heavy atom. The summed E-state index contributed by atoms with van der Waals surface area (Å²) in [7, 11) is 0. The normalized spacial score (nSPS) is 13.3. The van der Waals surface area contributed by atoms with Crippen LogP contribution in [0.25, 0.3) is 0 Å². The molecule has 8 heteroatoms. The van der Waals surface area contributed by atoms with Crippen molar-refractivity contribution in [2.24, 2.45) is 0 Å². The number of nitrogens with one attached hydrogen (secondary N) is 1. The standard InChI is InChI=1S/C27H28N4O4/c1-20-7-5-6-10-23(20)27(34)31-15-13-30(14-16-31)26(33)17-24(32)29-22-11-12-25(28-18-22)35-19-21-8-3-2-4-9-21/h2-12,18H,13-17,19H2,1H3,(H,29,32). The zero-order chi connectivity index (χ0) is 24.6. The van der Waals surface area contributed by atoms with Crippen LogP contribution < -0.4 is 10.1 Å². The highest BCUT2D eigenvalue weighted by atomic mass is 16.5. The van der Waals surface area contributed by atoms with Crippen molar-refractivity contribution in [3.05, 3.63) is 89.6 Å². The molecule has 0 bridgehead atoms. The Kier molecular flexibility index (Phi) is 7.72. The number of carbonyl (C=O) groups excluding carboxylic acids is 3. The van der Waals surface area contributed by atoms with Crippen LogP contribution in [0.2, 0.25) is 0 Å². The van der Waals surface area contributed by atoms with Crippen LogP contribution in [0.3, 0.4) is 0 Å².